The Morgan fingerprint density at radius 2 is 2.27 bits per heavy atom. The number of hydrogen-bond donors (Lipinski definition) is 1. The van der Waals surface area contributed by atoms with E-state index in [9.17, 15) is 19.5 Å². The predicted octanol–water partition coefficient (Wildman–Crippen LogP) is 1.72. The van der Waals surface area contributed by atoms with Crippen LogP contribution in [0.4, 0.5) is 0 Å². The predicted molar refractivity (Wildman–Crippen MR) is 78.7 cm³/mol. The zero-order valence-corrected chi connectivity index (χ0v) is 12.7. The van der Waals surface area contributed by atoms with E-state index in [2.05, 4.69) is 6.58 Å². The second kappa shape index (κ2) is 6.34. The third-order valence-electron chi connectivity index (χ3n) is 4.51. The molecule has 0 aromatic carbocycles. The van der Waals surface area contributed by atoms with E-state index in [1.165, 1.54) is 12.0 Å². The molecule has 0 aromatic rings. The number of aliphatic carboxylic acids is 1. The van der Waals surface area contributed by atoms with E-state index in [4.69, 9.17) is 4.74 Å². The van der Waals surface area contributed by atoms with E-state index in [0.29, 0.717) is 12.1 Å². The van der Waals surface area contributed by atoms with Gasteiger partial charge in [0.2, 0.25) is 5.91 Å². The van der Waals surface area contributed by atoms with E-state index in [0.717, 1.165) is 19.3 Å². The van der Waals surface area contributed by atoms with Gasteiger partial charge in [0.25, 0.3) is 0 Å². The van der Waals surface area contributed by atoms with Gasteiger partial charge in [0, 0.05) is 12.2 Å². The van der Waals surface area contributed by atoms with Crippen molar-refractivity contribution in [2.45, 2.75) is 32.1 Å². The summed E-state index contributed by atoms with van der Waals surface area (Å²) in [5, 5.41) is 9.17. The molecule has 0 unspecified atom stereocenters. The number of ether oxygens (including phenoxy) is 1. The first-order chi connectivity index (χ1) is 10.5. The highest BCUT2D eigenvalue weighted by atomic mass is 16.5. The van der Waals surface area contributed by atoms with Crippen LogP contribution in [-0.2, 0) is 19.1 Å². The lowest BCUT2D eigenvalue weighted by molar-refractivity contribution is -0.156. The molecule has 6 nitrogen and oxygen atoms in total. The first kappa shape index (κ1) is 16.3. The van der Waals surface area contributed by atoms with Crippen molar-refractivity contribution in [3.8, 4) is 0 Å². The van der Waals surface area contributed by atoms with Gasteiger partial charge < -0.3 is 14.7 Å². The van der Waals surface area contributed by atoms with E-state index >= 15 is 0 Å². The van der Waals surface area contributed by atoms with Crippen LogP contribution >= 0.6 is 0 Å². The third-order valence-corrected chi connectivity index (χ3v) is 4.51. The summed E-state index contributed by atoms with van der Waals surface area (Å²) < 4.78 is 4.96. The molecule has 2 rings (SSSR count). The number of carbonyl (C=O) groups excluding carboxylic acids is 2. The summed E-state index contributed by atoms with van der Waals surface area (Å²) in [6, 6.07) is 0. The van der Waals surface area contributed by atoms with Crippen LogP contribution in [0.3, 0.4) is 0 Å². The normalized spacial score (nSPS) is 27.7. The summed E-state index contributed by atoms with van der Waals surface area (Å²) in [6.07, 6.45) is 5.93. The van der Waals surface area contributed by atoms with E-state index in [1.54, 1.807) is 6.08 Å². The highest BCUT2D eigenvalue weighted by Gasteiger charge is 2.61. The maximum absolute atomic E-state index is 12.7. The van der Waals surface area contributed by atoms with Crippen LogP contribution in [0, 0.1) is 11.3 Å². The van der Waals surface area contributed by atoms with Crippen LogP contribution in [0.1, 0.15) is 32.1 Å². The average Bonchev–Trinajstić information content (AvgIpc) is 2.65. The smallest absolute Gasteiger partial charge is 0.318 e. The molecule has 2 atom stereocenters. The molecule has 120 valence electrons. The van der Waals surface area contributed by atoms with Crippen molar-refractivity contribution < 1.29 is 24.2 Å². The number of likely N-dealkylation sites (tertiary alicyclic amines) is 1. The van der Waals surface area contributed by atoms with Crippen LogP contribution < -0.4 is 0 Å². The topological polar surface area (TPSA) is 83.9 Å². The zero-order chi connectivity index (χ0) is 16.3. The number of carboxylic acid groups (broad SMARTS) is 1. The summed E-state index contributed by atoms with van der Waals surface area (Å²) in [4.78, 5) is 38.0. The van der Waals surface area contributed by atoms with Gasteiger partial charge in [-0.15, -0.1) is 6.58 Å². The summed E-state index contributed by atoms with van der Waals surface area (Å²) in [5.74, 6) is -2.86. The summed E-state index contributed by atoms with van der Waals surface area (Å²) >= 11 is 0. The van der Waals surface area contributed by atoms with Crippen molar-refractivity contribution >= 4 is 17.8 Å². The Hall–Kier alpha value is -2.11. The number of allylic oxidation sites excluding steroid dienone is 1. The Kier molecular flexibility index (Phi) is 4.68. The second-order valence-corrected chi connectivity index (χ2v) is 5.69. The molecule has 1 aliphatic heterocycles. The number of methoxy groups -OCH3 is 1. The number of amides is 1. The highest BCUT2D eigenvalue weighted by molar-refractivity contribution is 5.98. The monoisotopic (exact) mass is 307 g/mol. The fourth-order valence-electron chi connectivity index (χ4n) is 3.60. The van der Waals surface area contributed by atoms with Gasteiger partial charge in [-0.05, 0) is 19.3 Å². The van der Waals surface area contributed by atoms with Crippen molar-refractivity contribution in [2.75, 3.05) is 13.7 Å². The van der Waals surface area contributed by atoms with E-state index < -0.39 is 23.3 Å². The van der Waals surface area contributed by atoms with Crippen LogP contribution in [0.5, 0.6) is 0 Å². The van der Waals surface area contributed by atoms with Crippen LogP contribution in [0.25, 0.3) is 0 Å². The fraction of sp³-hybridized carbons (Fsp3) is 0.562. The molecule has 0 bridgehead atoms. The van der Waals surface area contributed by atoms with Gasteiger partial charge in [-0.25, -0.2) is 0 Å². The number of rotatable bonds is 5. The van der Waals surface area contributed by atoms with Crippen molar-refractivity contribution in [1.29, 1.82) is 0 Å². The molecule has 1 aliphatic carbocycles. The SMILES string of the molecule is C=CCN1C(=O)[C@H](CC(=O)O)[C@@]2(C(=O)OC)CCCCC=C12. The first-order valence-corrected chi connectivity index (χ1v) is 7.42. The van der Waals surface area contributed by atoms with Gasteiger partial charge in [0.1, 0.15) is 5.41 Å². The largest absolute Gasteiger partial charge is 0.481 e. The van der Waals surface area contributed by atoms with E-state index in [-0.39, 0.29) is 18.9 Å². The minimum Gasteiger partial charge on any atom is -0.481 e. The standard InChI is InChI=1S/C16H21NO5/c1-3-9-17-12-7-5-4-6-8-16(12,15(21)22-2)11(14(17)20)10-13(18)19/h3,7,11H,1,4-6,8-10H2,2H3,(H,18,19)/t11-,16-/m0/s1. The summed E-state index contributed by atoms with van der Waals surface area (Å²) in [5.41, 5.74) is -0.586. The fourth-order valence-corrected chi connectivity index (χ4v) is 3.60. The molecule has 0 spiro atoms. The molecular formula is C16H21NO5. The lowest BCUT2D eigenvalue weighted by atomic mass is 9.71. The Labute approximate surface area is 129 Å². The van der Waals surface area contributed by atoms with Crippen molar-refractivity contribution in [2.24, 2.45) is 11.3 Å². The highest BCUT2D eigenvalue weighted by Crippen LogP contribution is 2.52. The molecule has 0 aromatic heterocycles. The molecule has 22 heavy (non-hydrogen) atoms. The number of fused-ring (bicyclic) bond motifs is 1. The Morgan fingerprint density at radius 1 is 1.55 bits per heavy atom. The molecule has 0 saturated carbocycles. The maximum Gasteiger partial charge on any atom is 0.318 e. The van der Waals surface area contributed by atoms with Crippen molar-refractivity contribution in [1.82, 2.24) is 4.90 Å². The molecule has 0 radical (unpaired) electrons. The van der Waals surface area contributed by atoms with E-state index in [1.807, 2.05) is 6.08 Å². The molecule has 1 N–H and O–H groups in total. The Morgan fingerprint density at radius 3 is 2.86 bits per heavy atom. The van der Waals surface area contributed by atoms with Gasteiger partial charge >= 0.3 is 11.9 Å². The first-order valence-electron chi connectivity index (χ1n) is 7.42. The molecule has 1 amide bonds. The Bertz CT molecular complexity index is 539. The van der Waals surface area contributed by atoms with Gasteiger partial charge in [-0.2, -0.15) is 0 Å². The lowest BCUT2D eigenvalue weighted by Gasteiger charge is -2.31. The quantitative estimate of drug-likeness (QED) is 0.617. The molecule has 1 saturated heterocycles. The molecule has 1 fully saturated rings. The van der Waals surface area contributed by atoms with Crippen molar-refractivity contribution in [3.63, 3.8) is 0 Å². The van der Waals surface area contributed by atoms with Crippen LogP contribution in [0.2, 0.25) is 0 Å². The maximum atomic E-state index is 12.7. The van der Waals surface area contributed by atoms with Gasteiger partial charge in [0.05, 0.1) is 19.4 Å². The molecule has 2 aliphatic rings. The molecular weight excluding hydrogens is 286 g/mol. The second-order valence-electron chi connectivity index (χ2n) is 5.69. The summed E-state index contributed by atoms with van der Waals surface area (Å²) in [7, 11) is 1.28. The molecule has 6 heteroatoms. The summed E-state index contributed by atoms with van der Waals surface area (Å²) in [6.45, 7) is 3.90. The minimum absolute atomic E-state index is 0.263. The third kappa shape index (κ3) is 2.42. The zero-order valence-electron chi connectivity index (χ0n) is 12.7. The number of carbonyl (C=O) groups is 3. The van der Waals surface area contributed by atoms with Gasteiger partial charge in [-0.3, -0.25) is 14.4 Å². The number of nitrogens with zero attached hydrogens (tertiary/aromatic N) is 1. The van der Waals surface area contributed by atoms with Crippen LogP contribution in [0.15, 0.2) is 24.4 Å². The number of hydrogen-bond acceptors (Lipinski definition) is 4. The average molecular weight is 307 g/mol. The van der Waals surface area contributed by atoms with Crippen LogP contribution in [-0.4, -0.2) is 41.5 Å². The minimum atomic E-state index is -1.18. The van der Waals surface area contributed by atoms with Gasteiger partial charge in [0.15, 0.2) is 0 Å². The van der Waals surface area contributed by atoms with Crippen molar-refractivity contribution in [3.05, 3.63) is 24.4 Å². The number of esters is 1. The molecule has 1 heterocycles. The lowest BCUT2D eigenvalue weighted by Crippen LogP contribution is -2.40. The number of carboxylic acids is 1. The van der Waals surface area contributed by atoms with Gasteiger partial charge in [-0.1, -0.05) is 18.6 Å². The Balaban J connectivity index is 2.59.